The molecule has 1 atom stereocenters. The fourth-order valence-electron chi connectivity index (χ4n) is 2.42. The van der Waals surface area contributed by atoms with Gasteiger partial charge < -0.3 is 0 Å². The molecule has 0 radical (unpaired) electrons. The van der Waals surface area contributed by atoms with E-state index >= 15 is 0 Å². The van der Waals surface area contributed by atoms with E-state index in [1.165, 1.54) is 22.3 Å². The number of nitrogens with one attached hydrogen (secondary N) is 1. The summed E-state index contributed by atoms with van der Waals surface area (Å²) in [5.41, 5.74) is 8.22. The van der Waals surface area contributed by atoms with Crippen molar-refractivity contribution in [2.24, 2.45) is 5.84 Å². The highest BCUT2D eigenvalue weighted by molar-refractivity contribution is 5.28. The van der Waals surface area contributed by atoms with Crippen LogP contribution in [0.1, 0.15) is 34.7 Å². The van der Waals surface area contributed by atoms with Crippen LogP contribution >= 0.6 is 0 Å². The number of hydrazine groups is 1. The first-order chi connectivity index (χ1) is 9.20. The van der Waals surface area contributed by atoms with Gasteiger partial charge in [0, 0.05) is 6.04 Å². The zero-order valence-corrected chi connectivity index (χ0v) is 11.7. The van der Waals surface area contributed by atoms with Crippen molar-refractivity contribution in [1.29, 1.82) is 0 Å². The van der Waals surface area contributed by atoms with Crippen molar-refractivity contribution in [3.05, 3.63) is 70.8 Å². The van der Waals surface area contributed by atoms with Crippen molar-refractivity contribution in [2.45, 2.75) is 32.7 Å². The molecule has 0 aromatic heterocycles. The summed E-state index contributed by atoms with van der Waals surface area (Å²) in [4.78, 5) is 0. The molecule has 0 saturated carbocycles. The summed E-state index contributed by atoms with van der Waals surface area (Å²) >= 11 is 0. The maximum absolute atomic E-state index is 5.71. The van der Waals surface area contributed by atoms with Crippen LogP contribution in [0.25, 0.3) is 0 Å². The number of nitrogens with two attached hydrogens (primary N) is 1. The molecule has 3 N–H and O–H groups in total. The van der Waals surface area contributed by atoms with Crippen molar-refractivity contribution in [3.63, 3.8) is 0 Å². The zero-order valence-electron chi connectivity index (χ0n) is 11.7. The summed E-state index contributed by atoms with van der Waals surface area (Å²) in [6.07, 6.45) is 2.04. The second kappa shape index (κ2) is 6.50. The van der Waals surface area contributed by atoms with Crippen molar-refractivity contribution in [1.82, 2.24) is 5.43 Å². The number of hydrogen-bond donors (Lipinski definition) is 2. The van der Waals surface area contributed by atoms with Gasteiger partial charge in [0.15, 0.2) is 0 Å². The summed E-state index contributed by atoms with van der Waals surface area (Å²) < 4.78 is 0. The van der Waals surface area contributed by atoms with Crippen LogP contribution in [0, 0.1) is 13.8 Å². The summed E-state index contributed by atoms with van der Waals surface area (Å²) in [7, 11) is 0. The van der Waals surface area contributed by atoms with Crippen molar-refractivity contribution in [3.8, 4) is 0 Å². The smallest absolute Gasteiger partial charge is 0.0463 e. The van der Waals surface area contributed by atoms with Gasteiger partial charge in [-0.25, -0.2) is 0 Å². The van der Waals surface area contributed by atoms with Gasteiger partial charge in [0.1, 0.15) is 0 Å². The molecule has 0 heterocycles. The van der Waals surface area contributed by atoms with Gasteiger partial charge in [-0.1, -0.05) is 54.1 Å². The van der Waals surface area contributed by atoms with Crippen LogP contribution in [0.3, 0.4) is 0 Å². The topological polar surface area (TPSA) is 38.0 Å². The van der Waals surface area contributed by atoms with Crippen LogP contribution in [0.5, 0.6) is 0 Å². The lowest BCUT2D eigenvalue weighted by Gasteiger charge is -2.17. The molecule has 0 aliphatic rings. The minimum atomic E-state index is 0.208. The molecule has 1 unspecified atom stereocenters. The lowest BCUT2D eigenvalue weighted by Crippen LogP contribution is -2.28. The minimum absolute atomic E-state index is 0.208. The van der Waals surface area contributed by atoms with Crippen LogP contribution < -0.4 is 11.3 Å². The lowest BCUT2D eigenvalue weighted by molar-refractivity contribution is 0.515. The highest BCUT2D eigenvalue weighted by Gasteiger charge is 2.10. The van der Waals surface area contributed by atoms with Gasteiger partial charge >= 0.3 is 0 Å². The van der Waals surface area contributed by atoms with Gasteiger partial charge in [0.2, 0.25) is 0 Å². The molecule has 2 heteroatoms. The largest absolute Gasteiger partial charge is 0.271 e. The third-order valence-corrected chi connectivity index (χ3v) is 3.61. The average molecular weight is 254 g/mol. The van der Waals surface area contributed by atoms with E-state index in [1.807, 2.05) is 0 Å². The first-order valence-corrected chi connectivity index (χ1v) is 6.78. The summed E-state index contributed by atoms with van der Waals surface area (Å²) in [5.74, 6) is 5.71. The Kier molecular flexibility index (Phi) is 4.72. The van der Waals surface area contributed by atoms with E-state index in [4.69, 9.17) is 5.84 Å². The Labute approximate surface area is 115 Å². The Hall–Kier alpha value is -1.64. The van der Waals surface area contributed by atoms with E-state index in [-0.39, 0.29) is 6.04 Å². The molecule has 100 valence electrons. The van der Waals surface area contributed by atoms with E-state index in [1.54, 1.807) is 0 Å². The first kappa shape index (κ1) is 13.8. The molecule has 0 aliphatic carbocycles. The second-order valence-electron chi connectivity index (χ2n) is 5.10. The SMILES string of the molecule is Cc1cccc(C(CCc2ccccc2C)NN)c1. The van der Waals surface area contributed by atoms with Crippen molar-refractivity contribution >= 4 is 0 Å². The summed E-state index contributed by atoms with van der Waals surface area (Å²) in [5, 5.41) is 0. The molecule has 0 aliphatic heterocycles. The van der Waals surface area contributed by atoms with Gasteiger partial charge in [0.25, 0.3) is 0 Å². The van der Waals surface area contributed by atoms with Gasteiger partial charge in [-0.2, -0.15) is 0 Å². The molecular weight excluding hydrogens is 232 g/mol. The highest BCUT2D eigenvalue weighted by atomic mass is 15.2. The molecular formula is C17H22N2. The summed E-state index contributed by atoms with van der Waals surface area (Å²) in [6, 6.07) is 17.3. The molecule has 0 bridgehead atoms. The maximum Gasteiger partial charge on any atom is 0.0463 e. The fourth-order valence-corrected chi connectivity index (χ4v) is 2.42. The molecule has 0 fully saturated rings. The quantitative estimate of drug-likeness (QED) is 0.633. The highest BCUT2D eigenvalue weighted by Crippen LogP contribution is 2.20. The lowest BCUT2D eigenvalue weighted by atomic mass is 9.96. The monoisotopic (exact) mass is 254 g/mol. The minimum Gasteiger partial charge on any atom is -0.271 e. The Morgan fingerprint density at radius 1 is 1.05 bits per heavy atom. The van der Waals surface area contributed by atoms with E-state index in [2.05, 4.69) is 67.8 Å². The predicted molar refractivity (Wildman–Crippen MR) is 80.7 cm³/mol. The first-order valence-electron chi connectivity index (χ1n) is 6.78. The third-order valence-electron chi connectivity index (χ3n) is 3.61. The predicted octanol–water partition coefficient (Wildman–Crippen LogP) is 3.44. The Morgan fingerprint density at radius 3 is 2.53 bits per heavy atom. The van der Waals surface area contributed by atoms with Crippen LogP contribution in [-0.4, -0.2) is 0 Å². The van der Waals surface area contributed by atoms with Crippen LogP contribution in [0.4, 0.5) is 0 Å². The molecule has 2 nitrogen and oxygen atoms in total. The standard InChI is InChI=1S/C17H22N2/c1-13-6-5-9-16(12-13)17(19-18)11-10-15-8-4-3-7-14(15)2/h3-9,12,17,19H,10-11,18H2,1-2H3. The third kappa shape index (κ3) is 3.66. The molecule has 0 amide bonds. The second-order valence-corrected chi connectivity index (χ2v) is 5.10. The Bertz CT molecular complexity index is 534. The van der Waals surface area contributed by atoms with Crippen LogP contribution in [0.15, 0.2) is 48.5 Å². The average Bonchev–Trinajstić information content (AvgIpc) is 2.41. The van der Waals surface area contributed by atoms with Gasteiger partial charge in [-0.05, 0) is 43.4 Å². The molecule has 0 saturated heterocycles. The summed E-state index contributed by atoms with van der Waals surface area (Å²) in [6.45, 7) is 4.27. The van der Waals surface area contributed by atoms with Crippen LogP contribution in [-0.2, 0) is 6.42 Å². The van der Waals surface area contributed by atoms with Gasteiger partial charge in [-0.15, -0.1) is 0 Å². The van der Waals surface area contributed by atoms with E-state index in [0.29, 0.717) is 0 Å². The number of benzene rings is 2. The molecule has 19 heavy (non-hydrogen) atoms. The number of aryl methyl sites for hydroxylation is 3. The Morgan fingerprint density at radius 2 is 1.84 bits per heavy atom. The maximum atomic E-state index is 5.71. The fraction of sp³-hybridized carbons (Fsp3) is 0.294. The number of rotatable bonds is 5. The van der Waals surface area contributed by atoms with E-state index in [9.17, 15) is 0 Å². The van der Waals surface area contributed by atoms with Gasteiger partial charge in [0.05, 0.1) is 0 Å². The molecule has 2 aromatic rings. The zero-order chi connectivity index (χ0) is 13.7. The molecule has 2 aromatic carbocycles. The normalized spacial score (nSPS) is 12.4. The number of hydrogen-bond acceptors (Lipinski definition) is 2. The molecule has 2 rings (SSSR count). The van der Waals surface area contributed by atoms with Gasteiger partial charge in [-0.3, -0.25) is 11.3 Å². The van der Waals surface area contributed by atoms with Crippen LogP contribution in [0.2, 0.25) is 0 Å². The Balaban J connectivity index is 2.06. The molecule has 0 spiro atoms. The van der Waals surface area contributed by atoms with E-state index < -0.39 is 0 Å². The van der Waals surface area contributed by atoms with E-state index in [0.717, 1.165) is 12.8 Å². The van der Waals surface area contributed by atoms with Crippen molar-refractivity contribution < 1.29 is 0 Å². The van der Waals surface area contributed by atoms with Crippen molar-refractivity contribution in [2.75, 3.05) is 0 Å².